The largest absolute Gasteiger partial charge is 0.421 e. The summed E-state index contributed by atoms with van der Waals surface area (Å²) in [5.41, 5.74) is 4.76. The van der Waals surface area contributed by atoms with Crippen molar-refractivity contribution in [1.29, 1.82) is 0 Å². The number of hydrogen-bond acceptors (Lipinski definition) is 4. The van der Waals surface area contributed by atoms with Gasteiger partial charge in [-0.3, -0.25) is 4.90 Å². The van der Waals surface area contributed by atoms with Crippen molar-refractivity contribution in [3.05, 3.63) is 60.0 Å². The SMILES string of the molecule is Cc1nnc(-c2ccc(-c3ccc(C(C)N4CCCC4)cc3)cc2)o1. The van der Waals surface area contributed by atoms with Crippen LogP contribution in [0.15, 0.2) is 52.9 Å². The summed E-state index contributed by atoms with van der Waals surface area (Å²) in [6.45, 7) is 6.55. The van der Waals surface area contributed by atoms with E-state index in [1.165, 1.54) is 42.6 Å². The average Bonchev–Trinajstić information content (AvgIpc) is 3.33. The fraction of sp³-hybridized carbons (Fsp3) is 0.333. The first-order valence-electron chi connectivity index (χ1n) is 8.95. The minimum Gasteiger partial charge on any atom is -0.421 e. The van der Waals surface area contributed by atoms with Crippen molar-refractivity contribution in [2.75, 3.05) is 13.1 Å². The summed E-state index contributed by atoms with van der Waals surface area (Å²) in [6, 6.07) is 17.7. The van der Waals surface area contributed by atoms with E-state index in [2.05, 4.69) is 58.4 Å². The van der Waals surface area contributed by atoms with Crippen LogP contribution in [0.25, 0.3) is 22.6 Å². The molecule has 4 heteroatoms. The lowest BCUT2D eigenvalue weighted by atomic mass is 10.00. The lowest BCUT2D eigenvalue weighted by molar-refractivity contribution is 0.263. The van der Waals surface area contributed by atoms with Gasteiger partial charge in [-0.25, -0.2) is 0 Å². The second-order valence-electron chi connectivity index (χ2n) is 6.74. The minimum atomic E-state index is 0.500. The summed E-state index contributed by atoms with van der Waals surface area (Å²) in [6.07, 6.45) is 2.66. The summed E-state index contributed by atoms with van der Waals surface area (Å²) in [5.74, 6) is 1.15. The van der Waals surface area contributed by atoms with Gasteiger partial charge in [0.2, 0.25) is 11.8 Å². The Hall–Kier alpha value is -2.46. The van der Waals surface area contributed by atoms with Crippen molar-refractivity contribution >= 4 is 0 Å². The lowest BCUT2D eigenvalue weighted by Crippen LogP contribution is -2.23. The molecule has 0 saturated carbocycles. The molecular weight excluding hydrogens is 310 g/mol. The van der Waals surface area contributed by atoms with Crippen LogP contribution in [0.1, 0.15) is 37.3 Å². The van der Waals surface area contributed by atoms with Gasteiger partial charge in [-0.1, -0.05) is 36.4 Å². The highest BCUT2D eigenvalue weighted by Crippen LogP contribution is 2.28. The zero-order chi connectivity index (χ0) is 17.2. The molecular formula is C21H23N3O. The molecule has 0 bridgehead atoms. The molecule has 1 atom stereocenters. The molecule has 3 aromatic rings. The Kier molecular flexibility index (Phi) is 4.36. The number of benzene rings is 2. The molecule has 1 fully saturated rings. The van der Waals surface area contributed by atoms with Gasteiger partial charge in [0.05, 0.1) is 0 Å². The molecule has 0 aliphatic carbocycles. The van der Waals surface area contributed by atoms with Crippen LogP contribution in [-0.4, -0.2) is 28.2 Å². The molecule has 1 aliphatic rings. The average molecular weight is 333 g/mol. The highest BCUT2D eigenvalue weighted by atomic mass is 16.4. The molecule has 2 aromatic carbocycles. The van der Waals surface area contributed by atoms with E-state index >= 15 is 0 Å². The zero-order valence-corrected chi connectivity index (χ0v) is 14.8. The van der Waals surface area contributed by atoms with Gasteiger partial charge in [-0.15, -0.1) is 10.2 Å². The van der Waals surface area contributed by atoms with Crippen molar-refractivity contribution in [2.24, 2.45) is 0 Å². The van der Waals surface area contributed by atoms with Gasteiger partial charge in [0, 0.05) is 18.5 Å². The summed E-state index contributed by atoms with van der Waals surface area (Å²) < 4.78 is 5.48. The number of aromatic nitrogens is 2. The first-order valence-corrected chi connectivity index (χ1v) is 8.95. The van der Waals surface area contributed by atoms with Crippen molar-refractivity contribution in [3.63, 3.8) is 0 Å². The Labute approximate surface area is 148 Å². The van der Waals surface area contributed by atoms with Crippen LogP contribution in [0.2, 0.25) is 0 Å². The molecule has 0 radical (unpaired) electrons. The van der Waals surface area contributed by atoms with E-state index in [1.54, 1.807) is 6.92 Å². The first-order chi connectivity index (χ1) is 12.2. The summed E-state index contributed by atoms with van der Waals surface area (Å²) in [7, 11) is 0. The molecule has 25 heavy (non-hydrogen) atoms. The van der Waals surface area contributed by atoms with Gasteiger partial charge in [-0.2, -0.15) is 0 Å². The molecule has 2 heterocycles. The second-order valence-corrected chi connectivity index (χ2v) is 6.74. The molecule has 0 N–H and O–H groups in total. The number of nitrogens with zero attached hydrogens (tertiary/aromatic N) is 3. The third kappa shape index (κ3) is 3.35. The number of likely N-dealkylation sites (tertiary alicyclic amines) is 1. The molecule has 4 rings (SSSR count). The van der Waals surface area contributed by atoms with E-state index in [0.717, 1.165) is 5.56 Å². The van der Waals surface area contributed by atoms with Gasteiger partial charge < -0.3 is 4.42 Å². The highest BCUT2D eigenvalue weighted by Gasteiger charge is 2.19. The predicted octanol–water partition coefficient (Wildman–Crippen LogP) is 4.87. The van der Waals surface area contributed by atoms with Crippen molar-refractivity contribution < 1.29 is 4.42 Å². The molecule has 1 aromatic heterocycles. The predicted molar refractivity (Wildman–Crippen MR) is 99.1 cm³/mol. The van der Waals surface area contributed by atoms with Gasteiger partial charge in [0.15, 0.2) is 0 Å². The molecule has 1 saturated heterocycles. The summed E-state index contributed by atoms with van der Waals surface area (Å²) in [4.78, 5) is 2.57. The van der Waals surface area contributed by atoms with Crippen LogP contribution in [0.3, 0.4) is 0 Å². The standard InChI is InChI=1S/C21H23N3O/c1-15(24-13-3-4-14-24)17-5-7-18(8-6-17)19-9-11-20(12-10-19)21-23-22-16(2)25-21/h5-12,15H,3-4,13-14H2,1-2H3. The fourth-order valence-electron chi connectivity index (χ4n) is 3.51. The Morgan fingerprint density at radius 3 is 1.96 bits per heavy atom. The van der Waals surface area contributed by atoms with E-state index in [-0.39, 0.29) is 0 Å². The molecule has 1 unspecified atom stereocenters. The van der Waals surface area contributed by atoms with Gasteiger partial charge in [0.1, 0.15) is 0 Å². The number of hydrogen-bond donors (Lipinski definition) is 0. The van der Waals surface area contributed by atoms with Crippen molar-refractivity contribution in [3.8, 4) is 22.6 Å². The van der Waals surface area contributed by atoms with Crippen LogP contribution in [-0.2, 0) is 0 Å². The maximum absolute atomic E-state index is 5.48. The Morgan fingerprint density at radius 2 is 1.40 bits per heavy atom. The van der Waals surface area contributed by atoms with Gasteiger partial charge in [-0.05, 0) is 61.7 Å². The van der Waals surface area contributed by atoms with E-state index in [0.29, 0.717) is 17.8 Å². The topological polar surface area (TPSA) is 42.2 Å². The number of rotatable bonds is 4. The highest BCUT2D eigenvalue weighted by molar-refractivity contribution is 5.67. The minimum absolute atomic E-state index is 0.500. The fourth-order valence-corrected chi connectivity index (χ4v) is 3.51. The number of aryl methyl sites for hydroxylation is 1. The van der Waals surface area contributed by atoms with Crippen LogP contribution in [0.5, 0.6) is 0 Å². The van der Waals surface area contributed by atoms with E-state index < -0.39 is 0 Å². The Balaban J connectivity index is 1.51. The third-order valence-corrected chi connectivity index (χ3v) is 5.07. The molecule has 0 amide bonds. The van der Waals surface area contributed by atoms with Gasteiger partial charge in [0.25, 0.3) is 0 Å². The van der Waals surface area contributed by atoms with Gasteiger partial charge >= 0.3 is 0 Å². The quantitative estimate of drug-likeness (QED) is 0.683. The van der Waals surface area contributed by atoms with E-state index in [4.69, 9.17) is 4.42 Å². The second kappa shape index (κ2) is 6.81. The van der Waals surface area contributed by atoms with Crippen molar-refractivity contribution in [1.82, 2.24) is 15.1 Å². The van der Waals surface area contributed by atoms with Crippen LogP contribution in [0, 0.1) is 6.92 Å². The van der Waals surface area contributed by atoms with Crippen LogP contribution >= 0.6 is 0 Å². The lowest BCUT2D eigenvalue weighted by Gasteiger charge is -2.24. The van der Waals surface area contributed by atoms with Crippen molar-refractivity contribution in [2.45, 2.75) is 32.7 Å². The van der Waals surface area contributed by atoms with E-state index in [9.17, 15) is 0 Å². The van der Waals surface area contributed by atoms with Crippen LogP contribution in [0.4, 0.5) is 0 Å². The Bertz CT molecular complexity index is 830. The molecule has 4 nitrogen and oxygen atoms in total. The molecule has 128 valence electrons. The molecule has 0 spiro atoms. The van der Waals surface area contributed by atoms with Crippen LogP contribution < -0.4 is 0 Å². The first kappa shape index (κ1) is 16.0. The monoisotopic (exact) mass is 333 g/mol. The van der Waals surface area contributed by atoms with E-state index in [1.807, 2.05) is 12.1 Å². The Morgan fingerprint density at radius 1 is 0.840 bits per heavy atom. The summed E-state index contributed by atoms with van der Waals surface area (Å²) >= 11 is 0. The third-order valence-electron chi connectivity index (χ3n) is 5.07. The molecule has 1 aliphatic heterocycles. The smallest absolute Gasteiger partial charge is 0.247 e. The maximum Gasteiger partial charge on any atom is 0.247 e. The normalized spacial score (nSPS) is 16.2. The zero-order valence-electron chi connectivity index (χ0n) is 14.8. The maximum atomic E-state index is 5.48. The summed E-state index contributed by atoms with van der Waals surface area (Å²) in [5, 5.41) is 7.95.